The van der Waals surface area contributed by atoms with Crippen LogP contribution in [0.1, 0.15) is 30.9 Å². The first-order valence-electron chi connectivity index (χ1n) is 12.0. The summed E-state index contributed by atoms with van der Waals surface area (Å²) in [6.45, 7) is 10.2. The van der Waals surface area contributed by atoms with E-state index >= 15 is 0 Å². The van der Waals surface area contributed by atoms with E-state index < -0.39 is 0 Å². The lowest BCUT2D eigenvalue weighted by molar-refractivity contribution is 0.0844. The maximum absolute atomic E-state index is 9.83. The minimum Gasteiger partial charge on any atom is -0.381 e. The second kappa shape index (κ2) is 9.46. The summed E-state index contributed by atoms with van der Waals surface area (Å²) < 4.78 is 13.4. The van der Waals surface area contributed by atoms with Crippen LogP contribution in [0.4, 0.5) is 11.5 Å². The number of ether oxygens (including phenoxy) is 2. The molecule has 2 fully saturated rings. The van der Waals surface area contributed by atoms with E-state index in [1.54, 1.807) is 0 Å². The third kappa shape index (κ3) is 4.19. The van der Waals surface area contributed by atoms with E-state index in [0.717, 1.165) is 81.4 Å². The quantitative estimate of drug-likeness (QED) is 0.574. The standard InChI is InChI=1S/C27H32N4O2/c1-3-30(25-8-12-32-13-9-25)27-20(2)22(18-28)16-26-17-23(19-31(26)27)21-4-6-24(7-5-21)29-10-14-33-15-11-29/h4-7,16-17,19,25H,3,8-15H2,1-2H3. The summed E-state index contributed by atoms with van der Waals surface area (Å²) in [5.41, 5.74) is 6.45. The summed E-state index contributed by atoms with van der Waals surface area (Å²) in [5, 5.41) is 9.83. The van der Waals surface area contributed by atoms with Crippen LogP contribution in [-0.2, 0) is 9.47 Å². The number of hydrogen-bond donors (Lipinski definition) is 0. The van der Waals surface area contributed by atoms with Gasteiger partial charge in [0, 0.05) is 67.4 Å². The highest BCUT2D eigenvalue weighted by Crippen LogP contribution is 2.34. The van der Waals surface area contributed by atoms with Crippen LogP contribution < -0.4 is 9.80 Å². The highest BCUT2D eigenvalue weighted by Gasteiger charge is 2.25. The zero-order chi connectivity index (χ0) is 22.8. The number of nitriles is 1. The molecule has 3 aromatic rings. The maximum Gasteiger partial charge on any atom is 0.117 e. The molecule has 4 heterocycles. The fraction of sp³-hybridized carbons (Fsp3) is 0.444. The number of aromatic nitrogens is 1. The van der Waals surface area contributed by atoms with Crippen molar-refractivity contribution in [1.29, 1.82) is 5.26 Å². The Hall–Kier alpha value is -3.01. The topological polar surface area (TPSA) is 53.1 Å². The van der Waals surface area contributed by atoms with Crippen LogP contribution in [0.25, 0.3) is 16.6 Å². The van der Waals surface area contributed by atoms with Gasteiger partial charge in [-0.15, -0.1) is 0 Å². The minimum atomic E-state index is 0.429. The van der Waals surface area contributed by atoms with Crippen molar-refractivity contribution in [2.45, 2.75) is 32.7 Å². The molecule has 1 aromatic carbocycles. The normalized spacial score (nSPS) is 17.3. The Bertz CT molecular complexity index is 1150. The van der Waals surface area contributed by atoms with Crippen molar-refractivity contribution in [2.75, 3.05) is 55.9 Å². The van der Waals surface area contributed by atoms with Gasteiger partial charge < -0.3 is 23.7 Å². The lowest BCUT2D eigenvalue weighted by atomic mass is 10.0. The average Bonchev–Trinajstić information content (AvgIpc) is 3.30. The molecule has 0 amide bonds. The number of morpholine rings is 1. The highest BCUT2D eigenvalue weighted by molar-refractivity contribution is 5.76. The average molecular weight is 445 g/mol. The number of benzene rings is 1. The molecule has 0 radical (unpaired) electrons. The predicted molar refractivity (Wildman–Crippen MR) is 132 cm³/mol. The van der Waals surface area contributed by atoms with Crippen LogP contribution in [-0.4, -0.2) is 56.5 Å². The van der Waals surface area contributed by atoms with Gasteiger partial charge in [-0.2, -0.15) is 5.26 Å². The lowest BCUT2D eigenvalue weighted by Gasteiger charge is -2.36. The second-order valence-electron chi connectivity index (χ2n) is 8.92. The largest absolute Gasteiger partial charge is 0.381 e. The Balaban J connectivity index is 1.54. The van der Waals surface area contributed by atoms with Crippen LogP contribution in [0.2, 0.25) is 0 Å². The summed E-state index contributed by atoms with van der Waals surface area (Å²) >= 11 is 0. The Morgan fingerprint density at radius 1 is 1.00 bits per heavy atom. The van der Waals surface area contributed by atoms with E-state index in [-0.39, 0.29) is 0 Å². The molecule has 0 N–H and O–H groups in total. The fourth-order valence-corrected chi connectivity index (χ4v) is 5.22. The van der Waals surface area contributed by atoms with Crippen molar-refractivity contribution in [2.24, 2.45) is 0 Å². The first kappa shape index (κ1) is 21.8. The third-order valence-electron chi connectivity index (χ3n) is 7.05. The van der Waals surface area contributed by atoms with Crippen LogP contribution in [0.15, 0.2) is 42.6 Å². The van der Waals surface area contributed by atoms with Gasteiger partial charge in [-0.3, -0.25) is 0 Å². The molecule has 6 heteroatoms. The second-order valence-corrected chi connectivity index (χ2v) is 8.92. The molecule has 5 rings (SSSR count). The van der Waals surface area contributed by atoms with Crippen molar-refractivity contribution in [3.05, 3.63) is 53.7 Å². The lowest BCUT2D eigenvalue weighted by Crippen LogP contribution is -2.40. The monoisotopic (exact) mass is 444 g/mol. The number of nitrogens with zero attached hydrogens (tertiary/aromatic N) is 4. The molecular formula is C27H32N4O2. The van der Waals surface area contributed by atoms with Gasteiger partial charge in [0.05, 0.1) is 24.8 Å². The number of hydrogen-bond acceptors (Lipinski definition) is 5. The van der Waals surface area contributed by atoms with Gasteiger partial charge in [0.25, 0.3) is 0 Å². The molecule has 2 aromatic heterocycles. The molecule has 2 saturated heterocycles. The SMILES string of the molecule is CCN(c1c(C)c(C#N)cc2cc(-c3ccc(N4CCOCC4)cc3)cn12)C1CCOCC1. The summed E-state index contributed by atoms with van der Waals surface area (Å²) in [6, 6.07) is 15.9. The first-order valence-corrected chi connectivity index (χ1v) is 12.0. The molecule has 0 bridgehead atoms. The summed E-state index contributed by atoms with van der Waals surface area (Å²) in [7, 11) is 0. The van der Waals surface area contributed by atoms with Crippen molar-refractivity contribution in [1.82, 2.24) is 4.40 Å². The van der Waals surface area contributed by atoms with Gasteiger partial charge in [-0.25, -0.2) is 0 Å². The van der Waals surface area contributed by atoms with Crippen LogP contribution in [0.5, 0.6) is 0 Å². The molecular weight excluding hydrogens is 412 g/mol. The van der Waals surface area contributed by atoms with Gasteiger partial charge in [0.2, 0.25) is 0 Å². The zero-order valence-electron chi connectivity index (χ0n) is 19.6. The molecule has 2 aliphatic rings. The molecule has 0 saturated carbocycles. The molecule has 0 unspecified atom stereocenters. The summed E-state index contributed by atoms with van der Waals surface area (Å²) in [6.07, 6.45) is 4.26. The maximum atomic E-state index is 9.83. The fourth-order valence-electron chi connectivity index (χ4n) is 5.22. The van der Waals surface area contributed by atoms with Crippen molar-refractivity contribution in [3.8, 4) is 17.2 Å². The molecule has 0 aliphatic carbocycles. The van der Waals surface area contributed by atoms with Crippen molar-refractivity contribution in [3.63, 3.8) is 0 Å². The van der Waals surface area contributed by atoms with Crippen LogP contribution in [0.3, 0.4) is 0 Å². The van der Waals surface area contributed by atoms with Gasteiger partial charge in [-0.1, -0.05) is 12.1 Å². The van der Waals surface area contributed by atoms with E-state index in [0.29, 0.717) is 6.04 Å². The van der Waals surface area contributed by atoms with E-state index in [4.69, 9.17) is 9.47 Å². The third-order valence-corrected chi connectivity index (χ3v) is 7.05. The zero-order valence-corrected chi connectivity index (χ0v) is 19.6. The molecule has 6 nitrogen and oxygen atoms in total. The summed E-state index contributed by atoms with van der Waals surface area (Å²) in [4.78, 5) is 4.84. The molecule has 0 spiro atoms. The van der Waals surface area contributed by atoms with Crippen LogP contribution >= 0.6 is 0 Å². The Morgan fingerprint density at radius 3 is 2.36 bits per heavy atom. The van der Waals surface area contributed by atoms with Crippen molar-refractivity contribution < 1.29 is 9.47 Å². The Kier molecular flexibility index (Phi) is 6.26. The molecule has 0 atom stereocenters. The number of fused-ring (bicyclic) bond motifs is 1. The molecule has 172 valence electrons. The smallest absolute Gasteiger partial charge is 0.117 e. The van der Waals surface area contributed by atoms with Crippen LogP contribution in [0, 0.1) is 18.3 Å². The number of rotatable bonds is 5. The van der Waals surface area contributed by atoms with E-state index in [1.165, 1.54) is 16.8 Å². The number of anilines is 2. The van der Waals surface area contributed by atoms with Gasteiger partial charge in [0.15, 0.2) is 0 Å². The highest BCUT2D eigenvalue weighted by atomic mass is 16.5. The molecule has 2 aliphatic heterocycles. The Labute approximate surface area is 195 Å². The number of pyridine rings is 1. The first-order chi connectivity index (χ1) is 16.2. The van der Waals surface area contributed by atoms with E-state index in [1.807, 2.05) is 6.07 Å². The van der Waals surface area contributed by atoms with Crippen molar-refractivity contribution >= 4 is 17.0 Å². The van der Waals surface area contributed by atoms with Gasteiger partial charge >= 0.3 is 0 Å². The van der Waals surface area contributed by atoms with Gasteiger partial charge in [-0.05, 0) is 56.5 Å². The van der Waals surface area contributed by atoms with E-state index in [2.05, 4.69) is 70.6 Å². The summed E-state index contributed by atoms with van der Waals surface area (Å²) in [5.74, 6) is 1.13. The molecule has 33 heavy (non-hydrogen) atoms. The van der Waals surface area contributed by atoms with E-state index in [9.17, 15) is 5.26 Å². The Morgan fingerprint density at radius 2 is 1.70 bits per heavy atom. The van der Waals surface area contributed by atoms with Gasteiger partial charge in [0.1, 0.15) is 5.82 Å². The predicted octanol–water partition coefficient (Wildman–Crippen LogP) is 4.63. The minimum absolute atomic E-state index is 0.429.